The number of aromatic nitrogens is 2. The lowest BCUT2D eigenvalue weighted by Gasteiger charge is -2.48. The van der Waals surface area contributed by atoms with Gasteiger partial charge in [-0.25, -0.2) is 18.1 Å². The summed E-state index contributed by atoms with van der Waals surface area (Å²) in [5.74, 6) is 0.308. The highest BCUT2D eigenvalue weighted by Crippen LogP contribution is 2.42. The predicted octanol–water partition coefficient (Wildman–Crippen LogP) is 5.87. The van der Waals surface area contributed by atoms with Crippen LogP contribution in [0.1, 0.15) is 80.8 Å². The lowest BCUT2D eigenvalue weighted by Crippen LogP contribution is -2.60. The second kappa shape index (κ2) is 11.8. The van der Waals surface area contributed by atoms with Gasteiger partial charge in [-0.3, -0.25) is 4.79 Å². The van der Waals surface area contributed by atoms with Crippen molar-refractivity contribution >= 4 is 21.9 Å². The van der Waals surface area contributed by atoms with Crippen LogP contribution in [0.25, 0.3) is 11.3 Å². The highest BCUT2D eigenvalue weighted by molar-refractivity contribution is 7.92. The van der Waals surface area contributed by atoms with Gasteiger partial charge in [-0.05, 0) is 87.6 Å². The van der Waals surface area contributed by atoms with Crippen LogP contribution < -0.4 is 14.8 Å². The first kappa shape index (κ1) is 30.5. The van der Waals surface area contributed by atoms with E-state index in [-0.39, 0.29) is 46.9 Å². The molecule has 3 aliphatic rings. The second-order valence-electron chi connectivity index (χ2n) is 13.2. The van der Waals surface area contributed by atoms with Crippen LogP contribution in [0.4, 0.5) is 5.95 Å². The molecule has 1 aliphatic heterocycles. The zero-order chi connectivity index (χ0) is 31.2. The Kier molecular flexibility index (Phi) is 8.17. The number of rotatable bonds is 7. The number of sulfonamides is 1. The van der Waals surface area contributed by atoms with Crippen LogP contribution in [-0.4, -0.2) is 59.5 Å². The highest BCUT2D eigenvalue weighted by Gasteiger charge is 2.47. The minimum atomic E-state index is -4.10. The van der Waals surface area contributed by atoms with E-state index >= 15 is 0 Å². The standard InChI is InChI=1S/C34H43N5O4S/c1-6-34(13-14-34)37-25-17-26(18-25)39-27(15-21(2)3)20-43-30-19-29(31-22(4)9-7-10-23(31)5)35-33(36-30)38-44(41,42)28-12-8-11-24(16-28)32(39)40/h7-12,16,19,21,25-27,37H,6,13-15,17-18,20H2,1-5H3,(H,35,36,38)/t25?,26?,27-/m1/s1. The Labute approximate surface area is 260 Å². The van der Waals surface area contributed by atoms with Gasteiger partial charge in [0.15, 0.2) is 0 Å². The summed E-state index contributed by atoms with van der Waals surface area (Å²) in [5.41, 5.74) is 4.08. The van der Waals surface area contributed by atoms with Crippen molar-refractivity contribution in [2.45, 2.75) is 102 Å². The molecule has 0 spiro atoms. The van der Waals surface area contributed by atoms with Gasteiger partial charge in [0.25, 0.3) is 15.9 Å². The Bertz CT molecular complexity index is 1640. The lowest BCUT2D eigenvalue weighted by atomic mass is 9.82. The molecular formula is C34H43N5O4S. The summed E-state index contributed by atoms with van der Waals surface area (Å²) in [6.45, 7) is 10.7. The summed E-state index contributed by atoms with van der Waals surface area (Å²) < 4.78 is 36.1. The third-order valence-electron chi connectivity index (χ3n) is 9.40. The van der Waals surface area contributed by atoms with Crippen molar-refractivity contribution in [3.63, 3.8) is 0 Å². The number of aryl methyl sites for hydroxylation is 2. The molecule has 2 fully saturated rings. The molecule has 0 saturated heterocycles. The maximum Gasteiger partial charge on any atom is 0.264 e. The van der Waals surface area contributed by atoms with Crippen molar-refractivity contribution < 1.29 is 17.9 Å². The van der Waals surface area contributed by atoms with Crippen LogP contribution in [-0.2, 0) is 10.0 Å². The monoisotopic (exact) mass is 617 g/mol. The molecule has 9 nitrogen and oxygen atoms in total. The molecule has 2 heterocycles. The number of nitrogens with one attached hydrogen (secondary N) is 2. The zero-order valence-electron chi connectivity index (χ0n) is 26.3. The topological polar surface area (TPSA) is 114 Å². The van der Waals surface area contributed by atoms with Crippen molar-refractivity contribution in [3.8, 4) is 17.1 Å². The number of hydrogen-bond donors (Lipinski definition) is 2. The Balaban J connectivity index is 1.41. The minimum Gasteiger partial charge on any atom is -0.475 e. The summed E-state index contributed by atoms with van der Waals surface area (Å²) in [6.07, 6.45) is 5.97. The average Bonchev–Trinajstić information content (AvgIpc) is 3.73. The summed E-state index contributed by atoms with van der Waals surface area (Å²) in [4.78, 5) is 25.4. The molecule has 0 unspecified atom stereocenters. The molecular weight excluding hydrogens is 574 g/mol. The van der Waals surface area contributed by atoms with Crippen LogP contribution in [0.3, 0.4) is 0 Å². The number of amides is 1. The summed E-state index contributed by atoms with van der Waals surface area (Å²) in [7, 11) is -4.10. The molecule has 6 rings (SSSR count). The molecule has 2 N–H and O–H groups in total. The molecule has 1 amide bonds. The van der Waals surface area contributed by atoms with E-state index in [1.165, 1.54) is 25.0 Å². The summed E-state index contributed by atoms with van der Waals surface area (Å²) in [6, 6.07) is 14.2. The second-order valence-corrected chi connectivity index (χ2v) is 14.9. The zero-order valence-corrected chi connectivity index (χ0v) is 27.1. The number of nitrogens with zero attached hydrogens (tertiary/aromatic N) is 3. The van der Waals surface area contributed by atoms with Crippen molar-refractivity contribution in [3.05, 3.63) is 65.2 Å². The maximum atomic E-state index is 14.3. The third kappa shape index (κ3) is 6.19. The Morgan fingerprint density at radius 2 is 1.77 bits per heavy atom. The van der Waals surface area contributed by atoms with Crippen LogP contribution in [0, 0.1) is 19.8 Å². The minimum absolute atomic E-state index is 0.0155. The number of hydrogen-bond acceptors (Lipinski definition) is 7. The molecule has 3 aromatic rings. The Hall–Kier alpha value is -3.50. The van der Waals surface area contributed by atoms with E-state index in [2.05, 4.69) is 40.8 Å². The largest absolute Gasteiger partial charge is 0.475 e. The average molecular weight is 618 g/mol. The van der Waals surface area contributed by atoms with Gasteiger partial charge in [0.1, 0.15) is 6.61 Å². The molecule has 2 saturated carbocycles. The Morgan fingerprint density at radius 1 is 1.07 bits per heavy atom. The number of benzene rings is 2. The number of ether oxygens (including phenoxy) is 1. The predicted molar refractivity (Wildman–Crippen MR) is 171 cm³/mol. The van der Waals surface area contributed by atoms with Gasteiger partial charge in [-0.1, -0.05) is 45.0 Å². The van der Waals surface area contributed by atoms with Gasteiger partial charge in [0.2, 0.25) is 11.8 Å². The van der Waals surface area contributed by atoms with Crippen LogP contribution in [0.15, 0.2) is 53.4 Å². The maximum absolute atomic E-state index is 14.3. The van der Waals surface area contributed by atoms with Crippen LogP contribution in [0.2, 0.25) is 0 Å². The first-order valence-electron chi connectivity index (χ1n) is 15.8. The van der Waals surface area contributed by atoms with Crippen molar-refractivity contribution in [2.24, 2.45) is 5.92 Å². The molecule has 10 heteroatoms. The van der Waals surface area contributed by atoms with Gasteiger partial charge in [-0.2, -0.15) is 4.98 Å². The smallest absolute Gasteiger partial charge is 0.264 e. The molecule has 2 aliphatic carbocycles. The Morgan fingerprint density at radius 3 is 2.43 bits per heavy atom. The van der Waals surface area contributed by atoms with Gasteiger partial charge in [-0.15, -0.1) is 0 Å². The molecule has 2 aromatic carbocycles. The van der Waals surface area contributed by atoms with E-state index in [0.717, 1.165) is 42.4 Å². The molecule has 234 valence electrons. The lowest BCUT2D eigenvalue weighted by molar-refractivity contribution is 0.0195. The van der Waals surface area contributed by atoms with Gasteiger partial charge in [0, 0.05) is 34.8 Å². The molecule has 1 aromatic heterocycles. The van der Waals surface area contributed by atoms with E-state index in [0.29, 0.717) is 23.2 Å². The van der Waals surface area contributed by atoms with Crippen molar-refractivity contribution in [2.75, 3.05) is 11.3 Å². The van der Waals surface area contributed by atoms with Crippen LogP contribution >= 0.6 is 0 Å². The van der Waals surface area contributed by atoms with E-state index < -0.39 is 10.0 Å². The van der Waals surface area contributed by atoms with Gasteiger partial charge < -0.3 is 15.0 Å². The number of anilines is 1. The van der Waals surface area contributed by atoms with Crippen molar-refractivity contribution in [1.29, 1.82) is 0 Å². The fraction of sp³-hybridized carbons (Fsp3) is 0.500. The number of carbonyl (C=O) groups is 1. The third-order valence-corrected chi connectivity index (χ3v) is 10.7. The highest BCUT2D eigenvalue weighted by atomic mass is 32.2. The molecule has 1 atom stereocenters. The quantitative estimate of drug-likeness (QED) is 0.341. The first-order valence-corrected chi connectivity index (χ1v) is 17.3. The number of fused-ring (bicyclic) bond motifs is 4. The van der Waals surface area contributed by atoms with Gasteiger partial charge in [0.05, 0.1) is 16.6 Å². The summed E-state index contributed by atoms with van der Waals surface area (Å²) >= 11 is 0. The fourth-order valence-corrected chi connectivity index (χ4v) is 7.74. The van der Waals surface area contributed by atoms with Gasteiger partial charge >= 0.3 is 0 Å². The van der Waals surface area contributed by atoms with E-state index in [4.69, 9.17) is 4.74 Å². The molecule has 44 heavy (non-hydrogen) atoms. The fourth-order valence-electron chi connectivity index (χ4n) is 6.75. The van der Waals surface area contributed by atoms with Crippen molar-refractivity contribution in [1.82, 2.24) is 20.2 Å². The normalized spacial score (nSPS) is 23.8. The number of carbonyl (C=O) groups excluding carboxylic acids is 1. The first-order chi connectivity index (χ1) is 21.0. The van der Waals surface area contributed by atoms with E-state index in [9.17, 15) is 13.2 Å². The molecule has 0 radical (unpaired) electrons. The summed E-state index contributed by atoms with van der Waals surface area (Å²) in [5, 5.41) is 3.85. The SMILES string of the molecule is CCC1(NC2CC(N3C(=O)c4cccc(c4)S(=O)(=O)Nc4nc(cc(-c5c(C)cccc5C)n4)OC[C@H]3CC(C)C)C2)CC1. The van der Waals surface area contributed by atoms with E-state index in [1.807, 2.05) is 36.9 Å². The van der Waals surface area contributed by atoms with Crippen LogP contribution in [0.5, 0.6) is 5.88 Å². The van der Waals surface area contributed by atoms with E-state index in [1.54, 1.807) is 18.2 Å². The molecule has 4 bridgehead atoms.